The zero-order chi connectivity index (χ0) is 20.1. The standard InChI is InChI=1S/C16H16ClF6N3O/c1-7-12-9(13(25-24-12)16(21,22)23)5-6-26(7)14(27)8-3-2-4-10(11(8)17)15(18,19)20/h2-4,7,9,12-13,24-25H,5-6H2,1H3. The van der Waals surface area contributed by atoms with E-state index in [1.807, 2.05) is 0 Å². The molecule has 0 spiro atoms. The Balaban J connectivity index is 1.84. The van der Waals surface area contributed by atoms with Crippen molar-refractivity contribution in [2.24, 2.45) is 5.92 Å². The molecular weight excluding hydrogens is 400 g/mol. The number of nitrogens with zero attached hydrogens (tertiary/aromatic N) is 1. The summed E-state index contributed by atoms with van der Waals surface area (Å²) in [4.78, 5) is 14.0. The molecule has 2 saturated heterocycles. The number of halogens is 7. The third kappa shape index (κ3) is 3.62. The Morgan fingerprint density at radius 3 is 2.44 bits per heavy atom. The van der Waals surface area contributed by atoms with Crippen LogP contribution in [0.1, 0.15) is 29.3 Å². The molecule has 0 aliphatic carbocycles. The fraction of sp³-hybridized carbons (Fsp3) is 0.562. The molecule has 1 amide bonds. The van der Waals surface area contributed by atoms with Crippen molar-refractivity contribution >= 4 is 17.5 Å². The van der Waals surface area contributed by atoms with Crippen molar-refractivity contribution in [2.45, 2.75) is 43.8 Å². The first-order valence-electron chi connectivity index (χ1n) is 8.17. The lowest BCUT2D eigenvalue weighted by atomic mass is 9.82. The Morgan fingerprint density at radius 1 is 1.19 bits per heavy atom. The van der Waals surface area contributed by atoms with Crippen molar-refractivity contribution in [2.75, 3.05) is 6.54 Å². The van der Waals surface area contributed by atoms with Crippen LogP contribution < -0.4 is 10.9 Å². The molecule has 2 heterocycles. The topological polar surface area (TPSA) is 44.4 Å². The van der Waals surface area contributed by atoms with Gasteiger partial charge in [-0.25, -0.2) is 5.43 Å². The summed E-state index contributed by atoms with van der Waals surface area (Å²) < 4.78 is 78.3. The number of hydrogen-bond donors (Lipinski definition) is 2. The van der Waals surface area contributed by atoms with E-state index in [9.17, 15) is 31.1 Å². The van der Waals surface area contributed by atoms with E-state index in [-0.39, 0.29) is 18.5 Å². The monoisotopic (exact) mass is 415 g/mol. The van der Waals surface area contributed by atoms with Crippen LogP contribution in [0, 0.1) is 5.92 Å². The first kappa shape index (κ1) is 20.2. The van der Waals surface area contributed by atoms with Gasteiger partial charge in [0.2, 0.25) is 0 Å². The molecule has 3 rings (SSSR count). The van der Waals surface area contributed by atoms with Crippen LogP contribution in [0.4, 0.5) is 26.3 Å². The predicted octanol–water partition coefficient (Wildman–Crippen LogP) is 3.62. The molecule has 2 aliphatic rings. The molecular formula is C16H16ClF6N3O. The normalized spacial score (nSPS) is 29.0. The number of hydrogen-bond acceptors (Lipinski definition) is 3. The summed E-state index contributed by atoms with van der Waals surface area (Å²) in [7, 11) is 0. The highest BCUT2D eigenvalue weighted by Crippen LogP contribution is 2.39. The van der Waals surface area contributed by atoms with Crippen LogP contribution in [0.15, 0.2) is 18.2 Å². The maximum atomic E-state index is 13.1. The third-order valence-corrected chi connectivity index (χ3v) is 5.56. The summed E-state index contributed by atoms with van der Waals surface area (Å²) in [6, 6.07) is -0.0585. The third-order valence-electron chi connectivity index (χ3n) is 5.16. The number of carbonyl (C=O) groups is 1. The van der Waals surface area contributed by atoms with Crippen molar-refractivity contribution in [3.05, 3.63) is 34.3 Å². The second kappa shape index (κ2) is 6.82. The molecule has 0 bridgehead atoms. The lowest BCUT2D eigenvalue weighted by Gasteiger charge is -2.41. The maximum absolute atomic E-state index is 13.1. The molecule has 11 heteroatoms. The Hall–Kier alpha value is -1.52. The first-order chi connectivity index (χ1) is 12.4. The number of benzene rings is 1. The molecule has 2 N–H and O–H groups in total. The van der Waals surface area contributed by atoms with Crippen LogP contribution in [0.2, 0.25) is 5.02 Å². The van der Waals surface area contributed by atoms with E-state index in [0.29, 0.717) is 0 Å². The van der Waals surface area contributed by atoms with Crippen molar-refractivity contribution in [3.63, 3.8) is 0 Å². The van der Waals surface area contributed by atoms with Gasteiger partial charge in [0.25, 0.3) is 5.91 Å². The van der Waals surface area contributed by atoms with Crippen LogP contribution in [-0.4, -0.2) is 41.7 Å². The van der Waals surface area contributed by atoms with Crippen LogP contribution in [0.5, 0.6) is 0 Å². The van der Waals surface area contributed by atoms with Gasteiger partial charge in [-0.15, -0.1) is 0 Å². The van der Waals surface area contributed by atoms with Crippen LogP contribution in [0.25, 0.3) is 0 Å². The lowest BCUT2D eigenvalue weighted by molar-refractivity contribution is -0.164. The average Bonchev–Trinajstić information content (AvgIpc) is 2.99. The molecule has 4 unspecified atom stereocenters. The molecule has 1 aromatic rings. The van der Waals surface area contributed by atoms with Crippen molar-refractivity contribution in [1.29, 1.82) is 0 Å². The summed E-state index contributed by atoms with van der Waals surface area (Å²) in [5.74, 6) is -1.52. The second-order valence-corrected chi connectivity index (χ2v) is 7.07. The molecule has 4 atom stereocenters. The maximum Gasteiger partial charge on any atom is 0.417 e. The Labute approximate surface area is 155 Å². The van der Waals surface area contributed by atoms with E-state index in [2.05, 4.69) is 10.9 Å². The van der Waals surface area contributed by atoms with E-state index in [4.69, 9.17) is 11.6 Å². The largest absolute Gasteiger partial charge is 0.417 e. The molecule has 150 valence electrons. The molecule has 1 aromatic carbocycles. The number of amides is 1. The highest BCUT2D eigenvalue weighted by molar-refractivity contribution is 6.34. The SMILES string of the molecule is CC1C2NNC(C(F)(F)F)C2CCN1C(=O)c1cccc(C(F)(F)F)c1Cl. The van der Waals surface area contributed by atoms with Crippen LogP contribution in [0.3, 0.4) is 0 Å². The number of alkyl halides is 6. The van der Waals surface area contributed by atoms with Gasteiger partial charge >= 0.3 is 12.4 Å². The fourth-order valence-corrected chi connectivity index (χ4v) is 4.11. The number of piperidine rings is 1. The summed E-state index contributed by atoms with van der Waals surface area (Å²) in [5.41, 5.74) is 3.34. The zero-order valence-corrected chi connectivity index (χ0v) is 14.7. The van der Waals surface area contributed by atoms with E-state index in [1.54, 1.807) is 6.92 Å². The van der Waals surface area contributed by atoms with Crippen molar-refractivity contribution in [1.82, 2.24) is 15.8 Å². The van der Waals surface area contributed by atoms with Gasteiger partial charge in [-0.3, -0.25) is 10.2 Å². The van der Waals surface area contributed by atoms with Crippen LogP contribution >= 0.6 is 11.6 Å². The number of nitrogens with one attached hydrogen (secondary N) is 2. The summed E-state index contributed by atoms with van der Waals surface area (Å²) in [6.45, 7) is 1.55. The molecule has 0 radical (unpaired) electrons. The van der Waals surface area contributed by atoms with Crippen LogP contribution in [-0.2, 0) is 6.18 Å². The minimum Gasteiger partial charge on any atom is -0.334 e. The Bertz CT molecular complexity index is 738. The van der Waals surface area contributed by atoms with Gasteiger partial charge in [0, 0.05) is 24.5 Å². The minimum absolute atomic E-state index is 0.0102. The molecule has 27 heavy (non-hydrogen) atoms. The molecule has 2 fully saturated rings. The molecule has 0 aromatic heterocycles. The number of carbonyl (C=O) groups excluding carboxylic acids is 1. The number of fused-ring (bicyclic) bond motifs is 1. The van der Waals surface area contributed by atoms with Gasteiger partial charge in [-0.05, 0) is 25.5 Å². The van der Waals surface area contributed by atoms with Gasteiger partial charge in [0.15, 0.2) is 0 Å². The van der Waals surface area contributed by atoms with Gasteiger partial charge in [0.1, 0.15) is 6.04 Å². The first-order valence-corrected chi connectivity index (χ1v) is 8.55. The lowest BCUT2D eigenvalue weighted by Crippen LogP contribution is -2.56. The highest BCUT2D eigenvalue weighted by atomic mass is 35.5. The van der Waals surface area contributed by atoms with E-state index in [1.165, 1.54) is 11.0 Å². The van der Waals surface area contributed by atoms with E-state index >= 15 is 0 Å². The average molecular weight is 416 g/mol. The molecule has 0 saturated carbocycles. The van der Waals surface area contributed by atoms with Crippen molar-refractivity contribution in [3.8, 4) is 0 Å². The van der Waals surface area contributed by atoms with Gasteiger partial charge in [-0.1, -0.05) is 17.7 Å². The number of rotatable bonds is 1. The van der Waals surface area contributed by atoms with E-state index in [0.717, 1.165) is 12.1 Å². The second-order valence-electron chi connectivity index (χ2n) is 6.69. The smallest absolute Gasteiger partial charge is 0.334 e. The Morgan fingerprint density at radius 2 is 1.85 bits per heavy atom. The number of hydrazine groups is 1. The summed E-state index contributed by atoms with van der Waals surface area (Å²) in [5, 5.41) is -0.713. The quantitative estimate of drug-likeness (QED) is 0.689. The molecule has 4 nitrogen and oxygen atoms in total. The predicted molar refractivity (Wildman–Crippen MR) is 85.0 cm³/mol. The Kier molecular flexibility index (Phi) is 5.11. The van der Waals surface area contributed by atoms with E-state index < -0.39 is 52.9 Å². The fourth-order valence-electron chi connectivity index (χ4n) is 3.80. The van der Waals surface area contributed by atoms with Gasteiger partial charge in [-0.2, -0.15) is 26.3 Å². The minimum atomic E-state index is -4.72. The highest BCUT2D eigenvalue weighted by Gasteiger charge is 2.55. The van der Waals surface area contributed by atoms with Gasteiger partial charge < -0.3 is 4.90 Å². The van der Waals surface area contributed by atoms with Crippen molar-refractivity contribution < 1.29 is 31.1 Å². The zero-order valence-electron chi connectivity index (χ0n) is 14.0. The van der Waals surface area contributed by atoms with Gasteiger partial charge in [0.05, 0.1) is 16.1 Å². The molecule has 2 aliphatic heterocycles. The number of likely N-dealkylation sites (tertiary alicyclic amines) is 1. The summed E-state index contributed by atoms with van der Waals surface area (Å²) in [6.07, 6.45) is -9.10. The summed E-state index contributed by atoms with van der Waals surface area (Å²) >= 11 is 5.81.